The Balaban J connectivity index is 2.07. The summed E-state index contributed by atoms with van der Waals surface area (Å²) in [4.78, 5) is 0.188. The van der Waals surface area contributed by atoms with Crippen LogP contribution < -0.4 is 4.31 Å². The fraction of sp³-hybridized carbons (Fsp3) is 0.250. The second kappa shape index (κ2) is 5.50. The molecule has 1 fully saturated rings. The summed E-state index contributed by atoms with van der Waals surface area (Å²) in [6.45, 7) is 0. The van der Waals surface area contributed by atoms with E-state index in [0.29, 0.717) is 5.69 Å². The van der Waals surface area contributed by atoms with E-state index in [4.69, 9.17) is 0 Å². The number of nitrogens with zero attached hydrogens (tertiary/aromatic N) is 1. The monoisotopic (exact) mass is 303 g/mol. The zero-order chi connectivity index (χ0) is 14.9. The Bertz CT molecular complexity index is 697. The van der Waals surface area contributed by atoms with E-state index >= 15 is 0 Å². The van der Waals surface area contributed by atoms with E-state index < -0.39 is 16.3 Å². The van der Waals surface area contributed by atoms with Crippen LogP contribution in [-0.4, -0.2) is 19.8 Å². The molecule has 0 aromatic heterocycles. The Morgan fingerprint density at radius 2 is 1.48 bits per heavy atom. The third-order valence-corrected chi connectivity index (χ3v) is 5.41. The fourth-order valence-corrected chi connectivity index (χ4v) is 3.88. The molecule has 4 nitrogen and oxygen atoms in total. The molecule has 1 aliphatic carbocycles. The van der Waals surface area contributed by atoms with Crippen molar-refractivity contribution in [1.82, 2.24) is 0 Å². The van der Waals surface area contributed by atoms with Gasteiger partial charge in [-0.05, 0) is 37.1 Å². The molecule has 0 amide bonds. The van der Waals surface area contributed by atoms with Crippen molar-refractivity contribution < 1.29 is 13.5 Å². The van der Waals surface area contributed by atoms with Gasteiger partial charge in [0.2, 0.25) is 0 Å². The van der Waals surface area contributed by atoms with Gasteiger partial charge in [0.15, 0.2) is 0 Å². The summed E-state index contributed by atoms with van der Waals surface area (Å²) in [5.41, 5.74) is 0.487. The molecule has 0 radical (unpaired) electrons. The number of hydrogen-bond donors (Lipinski definition) is 1. The molecule has 0 saturated heterocycles. The predicted octanol–water partition coefficient (Wildman–Crippen LogP) is 2.61. The standard InChI is InChI=1S/C16H17NO3S/c18-16(13-11-12-13)17(14-7-3-1-4-8-14)21(19,20)15-9-5-2-6-10-15/h1-10,13,16,18H,11-12H2. The van der Waals surface area contributed by atoms with Crippen molar-refractivity contribution in [2.75, 3.05) is 4.31 Å². The van der Waals surface area contributed by atoms with E-state index in [2.05, 4.69) is 0 Å². The van der Waals surface area contributed by atoms with Gasteiger partial charge in [0, 0.05) is 5.92 Å². The van der Waals surface area contributed by atoms with Crippen molar-refractivity contribution in [2.45, 2.75) is 24.0 Å². The van der Waals surface area contributed by atoms with Crippen LogP contribution in [0.5, 0.6) is 0 Å². The molecule has 1 atom stereocenters. The molecule has 110 valence electrons. The van der Waals surface area contributed by atoms with E-state index in [1.807, 2.05) is 6.07 Å². The lowest BCUT2D eigenvalue weighted by molar-refractivity contribution is 0.163. The van der Waals surface area contributed by atoms with Crippen molar-refractivity contribution >= 4 is 15.7 Å². The summed E-state index contributed by atoms with van der Waals surface area (Å²) in [6, 6.07) is 17.0. The summed E-state index contributed by atoms with van der Waals surface area (Å²) < 4.78 is 26.9. The molecule has 1 saturated carbocycles. The van der Waals surface area contributed by atoms with E-state index in [-0.39, 0.29) is 10.8 Å². The minimum absolute atomic E-state index is 0.0173. The van der Waals surface area contributed by atoms with Crippen molar-refractivity contribution in [1.29, 1.82) is 0 Å². The first-order valence-corrected chi connectivity index (χ1v) is 8.37. The Morgan fingerprint density at radius 1 is 0.952 bits per heavy atom. The van der Waals surface area contributed by atoms with Crippen molar-refractivity contribution in [3.05, 3.63) is 60.7 Å². The van der Waals surface area contributed by atoms with Gasteiger partial charge in [0.05, 0.1) is 10.6 Å². The number of aliphatic hydroxyl groups excluding tert-OH is 1. The average molecular weight is 303 g/mol. The van der Waals surface area contributed by atoms with E-state index in [1.54, 1.807) is 54.6 Å². The quantitative estimate of drug-likeness (QED) is 0.864. The first-order chi connectivity index (χ1) is 10.1. The topological polar surface area (TPSA) is 57.6 Å². The molecule has 21 heavy (non-hydrogen) atoms. The lowest BCUT2D eigenvalue weighted by Gasteiger charge is -2.29. The maximum Gasteiger partial charge on any atom is 0.266 e. The number of benzene rings is 2. The van der Waals surface area contributed by atoms with Crippen LogP contribution in [0.1, 0.15) is 12.8 Å². The third kappa shape index (κ3) is 2.80. The van der Waals surface area contributed by atoms with Crippen LogP contribution in [0.25, 0.3) is 0 Å². The highest BCUT2D eigenvalue weighted by Gasteiger charge is 2.40. The van der Waals surface area contributed by atoms with Crippen LogP contribution >= 0.6 is 0 Å². The van der Waals surface area contributed by atoms with Gasteiger partial charge >= 0.3 is 0 Å². The molecule has 1 aliphatic rings. The maximum absolute atomic E-state index is 12.9. The first-order valence-electron chi connectivity index (χ1n) is 6.93. The number of para-hydroxylation sites is 1. The van der Waals surface area contributed by atoms with Gasteiger partial charge in [-0.2, -0.15) is 0 Å². The Morgan fingerprint density at radius 3 is 2.00 bits per heavy atom. The number of sulfonamides is 1. The van der Waals surface area contributed by atoms with Crippen LogP contribution in [0, 0.1) is 5.92 Å². The van der Waals surface area contributed by atoms with Crippen LogP contribution in [0.2, 0.25) is 0 Å². The SMILES string of the molecule is O=S(=O)(c1ccccc1)N(c1ccccc1)C(O)C1CC1. The molecule has 1 N–H and O–H groups in total. The summed E-state index contributed by atoms with van der Waals surface area (Å²) >= 11 is 0. The molecule has 5 heteroatoms. The normalized spacial score (nSPS) is 16.4. The lowest BCUT2D eigenvalue weighted by atomic mass is 10.3. The van der Waals surface area contributed by atoms with Gasteiger partial charge in [0.1, 0.15) is 6.23 Å². The van der Waals surface area contributed by atoms with Crippen molar-refractivity contribution in [3.63, 3.8) is 0 Å². The van der Waals surface area contributed by atoms with Gasteiger partial charge < -0.3 is 5.11 Å². The van der Waals surface area contributed by atoms with Crippen LogP contribution in [0.15, 0.2) is 65.6 Å². The van der Waals surface area contributed by atoms with Crippen molar-refractivity contribution in [2.24, 2.45) is 5.92 Å². The van der Waals surface area contributed by atoms with E-state index in [0.717, 1.165) is 17.1 Å². The van der Waals surface area contributed by atoms with Crippen LogP contribution in [-0.2, 0) is 10.0 Å². The summed E-state index contributed by atoms with van der Waals surface area (Å²) in [6.07, 6.45) is 0.696. The second-order valence-electron chi connectivity index (χ2n) is 5.20. The average Bonchev–Trinajstić information content (AvgIpc) is 3.34. The zero-order valence-corrected chi connectivity index (χ0v) is 12.3. The van der Waals surface area contributed by atoms with Gasteiger partial charge in [-0.25, -0.2) is 12.7 Å². The largest absolute Gasteiger partial charge is 0.372 e. The van der Waals surface area contributed by atoms with E-state index in [1.165, 1.54) is 0 Å². The minimum Gasteiger partial charge on any atom is -0.372 e. The molecule has 0 spiro atoms. The van der Waals surface area contributed by atoms with Crippen LogP contribution in [0.3, 0.4) is 0 Å². The molecule has 2 aromatic rings. The highest BCUT2D eigenvalue weighted by molar-refractivity contribution is 7.92. The van der Waals surface area contributed by atoms with Gasteiger partial charge in [-0.1, -0.05) is 36.4 Å². The second-order valence-corrected chi connectivity index (χ2v) is 7.02. The maximum atomic E-state index is 12.9. The summed E-state index contributed by atoms with van der Waals surface area (Å²) in [5.74, 6) is 0.0173. The lowest BCUT2D eigenvalue weighted by Crippen LogP contribution is -2.41. The summed E-state index contributed by atoms with van der Waals surface area (Å²) in [7, 11) is -3.78. The summed E-state index contributed by atoms with van der Waals surface area (Å²) in [5, 5.41) is 10.4. The molecule has 0 aliphatic heterocycles. The predicted molar refractivity (Wildman–Crippen MR) is 81.3 cm³/mol. The molecular weight excluding hydrogens is 286 g/mol. The van der Waals surface area contributed by atoms with Gasteiger partial charge in [-0.3, -0.25) is 0 Å². The highest BCUT2D eigenvalue weighted by atomic mass is 32.2. The first kappa shape index (κ1) is 14.1. The number of hydrogen-bond acceptors (Lipinski definition) is 3. The van der Waals surface area contributed by atoms with Crippen molar-refractivity contribution in [3.8, 4) is 0 Å². The zero-order valence-electron chi connectivity index (χ0n) is 11.5. The Kier molecular flexibility index (Phi) is 3.69. The smallest absolute Gasteiger partial charge is 0.266 e. The number of rotatable bonds is 5. The van der Waals surface area contributed by atoms with Gasteiger partial charge in [0.25, 0.3) is 10.0 Å². The molecule has 0 bridgehead atoms. The Labute approximate surface area is 124 Å². The third-order valence-electron chi connectivity index (χ3n) is 3.59. The molecule has 3 rings (SSSR count). The van der Waals surface area contributed by atoms with Crippen LogP contribution in [0.4, 0.5) is 5.69 Å². The molecular formula is C16H17NO3S. The number of anilines is 1. The van der Waals surface area contributed by atoms with E-state index in [9.17, 15) is 13.5 Å². The molecule has 1 unspecified atom stereocenters. The fourth-order valence-electron chi connectivity index (χ4n) is 2.30. The minimum atomic E-state index is -3.78. The number of aliphatic hydroxyl groups is 1. The molecule has 0 heterocycles. The Hall–Kier alpha value is -1.85. The van der Waals surface area contributed by atoms with Gasteiger partial charge in [-0.15, -0.1) is 0 Å². The highest BCUT2D eigenvalue weighted by Crippen LogP contribution is 2.38. The molecule has 2 aromatic carbocycles.